The molecule has 2 aliphatic rings. The van der Waals surface area contributed by atoms with Crippen LogP contribution in [-0.2, 0) is 20.8 Å². The fourth-order valence-electron chi connectivity index (χ4n) is 4.64. The molecule has 1 aliphatic carbocycles. The molecule has 0 spiro atoms. The Morgan fingerprint density at radius 1 is 1.10 bits per heavy atom. The van der Waals surface area contributed by atoms with Crippen molar-refractivity contribution in [3.8, 4) is 0 Å². The van der Waals surface area contributed by atoms with E-state index >= 15 is 0 Å². The van der Waals surface area contributed by atoms with Crippen LogP contribution in [0.15, 0.2) is 18.2 Å². The van der Waals surface area contributed by atoms with E-state index in [2.05, 4.69) is 29.0 Å². The predicted octanol–water partition coefficient (Wildman–Crippen LogP) is 4.48. The first-order chi connectivity index (χ1) is 14.8. The molecule has 2 fully saturated rings. The largest absolute Gasteiger partial charge is 0.454 e. The lowest BCUT2D eigenvalue weighted by atomic mass is 10.1. The van der Waals surface area contributed by atoms with Gasteiger partial charge >= 0.3 is 5.97 Å². The number of hydrogen-bond acceptors (Lipinski definition) is 4. The number of esters is 1. The Morgan fingerprint density at radius 2 is 1.87 bits per heavy atom. The Labute approximate surface area is 183 Å². The van der Waals surface area contributed by atoms with Gasteiger partial charge in [0.25, 0.3) is 0 Å². The maximum atomic E-state index is 12.7. The molecule has 1 atom stereocenters. The molecule has 6 nitrogen and oxygen atoms in total. The Kier molecular flexibility index (Phi) is 6.19. The lowest BCUT2D eigenvalue weighted by Gasteiger charge is -2.14. The smallest absolute Gasteiger partial charge is 0.331 e. The second kappa shape index (κ2) is 8.87. The van der Waals surface area contributed by atoms with Gasteiger partial charge in [-0.15, -0.1) is 0 Å². The lowest BCUT2D eigenvalue weighted by molar-refractivity contribution is -0.136. The fourth-order valence-corrected chi connectivity index (χ4v) is 4.64. The molecule has 0 bridgehead atoms. The Bertz CT molecular complexity index is 1020. The zero-order valence-electron chi connectivity index (χ0n) is 18.9. The molecule has 31 heavy (non-hydrogen) atoms. The van der Waals surface area contributed by atoms with E-state index in [1.165, 1.54) is 30.3 Å². The average Bonchev–Trinajstić information content (AvgIpc) is 3.24. The van der Waals surface area contributed by atoms with Crippen molar-refractivity contribution < 1.29 is 19.1 Å². The monoisotopic (exact) mass is 424 g/mol. The standard InChI is InChI=1S/C25H32N2O4/c1-16-13-23(19(4)26(16)14-22-6-5-11-30-22)24(28)15-31-25(29)10-7-20-12-17(2)27(18(20)3)21-8-9-21/h7,10,12-13,21-22H,5-6,8-9,11,14-15H2,1-4H3/b10-7+/t22-/m1/s1. The molecule has 0 N–H and O–H groups in total. The molecule has 2 aromatic rings. The van der Waals surface area contributed by atoms with Crippen molar-refractivity contribution in [3.63, 3.8) is 0 Å². The summed E-state index contributed by atoms with van der Waals surface area (Å²) in [6.45, 7) is 9.41. The van der Waals surface area contributed by atoms with Gasteiger partial charge in [0.2, 0.25) is 5.78 Å². The SMILES string of the molecule is Cc1cc(C(=O)COC(=O)/C=C/c2cc(C)n(C3CC3)c2C)c(C)n1C[C@H]1CCCO1. The van der Waals surface area contributed by atoms with E-state index in [1.807, 2.05) is 19.9 Å². The molecular formula is C25H32N2O4. The summed E-state index contributed by atoms with van der Waals surface area (Å²) in [6.07, 6.45) is 7.97. The van der Waals surface area contributed by atoms with Crippen LogP contribution < -0.4 is 0 Å². The molecule has 6 heteroatoms. The molecule has 166 valence electrons. The highest BCUT2D eigenvalue weighted by atomic mass is 16.5. The molecule has 0 amide bonds. The average molecular weight is 425 g/mol. The molecule has 3 heterocycles. The van der Waals surface area contributed by atoms with Gasteiger partial charge in [0.1, 0.15) is 0 Å². The summed E-state index contributed by atoms with van der Waals surface area (Å²) in [5.41, 5.74) is 5.93. The number of carbonyl (C=O) groups is 2. The molecule has 4 rings (SSSR count). The van der Waals surface area contributed by atoms with Gasteiger partial charge in [-0.1, -0.05) is 0 Å². The summed E-state index contributed by atoms with van der Waals surface area (Å²) >= 11 is 0. The van der Waals surface area contributed by atoms with E-state index < -0.39 is 5.97 Å². The van der Waals surface area contributed by atoms with E-state index in [0.717, 1.165) is 42.9 Å². The third kappa shape index (κ3) is 4.69. The second-order valence-electron chi connectivity index (χ2n) is 8.82. The maximum absolute atomic E-state index is 12.7. The highest BCUT2D eigenvalue weighted by Gasteiger charge is 2.26. The van der Waals surface area contributed by atoms with Crippen LogP contribution in [0.4, 0.5) is 0 Å². The number of aromatic nitrogens is 2. The predicted molar refractivity (Wildman–Crippen MR) is 119 cm³/mol. The van der Waals surface area contributed by atoms with Crippen molar-refractivity contribution in [2.45, 2.75) is 72.1 Å². The van der Waals surface area contributed by atoms with Crippen LogP contribution in [0, 0.1) is 27.7 Å². The zero-order valence-corrected chi connectivity index (χ0v) is 18.9. The van der Waals surface area contributed by atoms with Crippen LogP contribution in [0.1, 0.15) is 70.4 Å². The number of rotatable bonds is 8. The van der Waals surface area contributed by atoms with Crippen LogP contribution in [0.25, 0.3) is 6.08 Å². The Morgan fingerprint density at radius 3 is 2.55 bits per heavy atom. The zero-order chi connectivity index (χ0) is 22.1. The molecule has 0 unspecified atom stereocenters. The molecular weight excluding hydrogens is 392 g/mol. The second-order valence-corrected chi connectivity index (χ2v) is 8.82. The van der Waals surface area contributed by atoms with Gasteiger partial charge in [0.15, 0.2) is 6.61 Å². The topological polar surface area (TPSA) is 62.5 Å². The Balaban J connectivity index is 1.35. The summed E-state index contributed by atoms with van der Waals surface area (Å²) in [7, 11) is 0. The third-order valence-electron chi connectivity index (χ3n) is 6.46. The van der Waals surface area contributed by atoms with Crippen LogP contribution in [0.2, 0.25) is 0 Å². The van der Waals surface area contributed by atoms with Crippen molar-refractivity contribution in [2.24, 2.45) is 0 Å². The van der Waals surface area contributed by atoms with Gasteiger partial charge in [-0.25, -0.2) is 4.79 Å². The van der Waals surface area contributed by atoms with Crippen molar-refractivity contribution in [3.05, 3.63) is 52.1 Å². The highest BCUT2D eigenvalue weighted by Crippen LogP contribution is 2.38. The van der Waals surface area contributed by atoms with E-state index in [-0.39, 0.29) is 18.5 Å². The van der Waals surface area contributed by atoms with Crippen LogP contribution in [0.5, 0.6) is 0 Å². The number of Topliss-reactive ketones (excluding diaryl/α,β-unsaturated/α-hetero) is 1. The van der Waals surface area contributed by atoms with Gasteiger partial charge in [-0.3, -0.25) is 4.79 Å². The van der Waals surface area contributed by atoms with Crippen LogP contribution in [-0.4, -0.2) is 40.2 Å². The molecule has 1 saturated carbocycles. The lowest BCUT2D eigenvalue weighted by Crippen LogP contribution is -2.18. The summed E-state index contributed by atoms with van der Waals surface area (Å²) in [5.74, 6) is -0.682. The van der Waals surface area contributed by atoms with Gasteiger partial charge in [-0.2, -0.15) is 0 Å². The molecule has 1 saturated heterocycles. The minimum absolute atomic E-state index is 0.180. The number of nitrogens with zero attached hydrogens (tertiary/aromatic N) is 2. The van der Waals surface area contributed by atoms with Crippen molar-refractivity contribution >= 4 is 17.8 Å². The van der Waals surface area contributed by atoms with Crippen molar-refractivity contribution in [1.29, 1.82) is 0 Å². The van der Waals surface area contributed by atoms with Gasteiger partial charge in [0.05, 0.1) is 6.10 Å². The van der Waals surface area contributed by atoms with Gasteiger partial charge < -0.3 is 18.6 Å². The van der Waals surface area contributed by atoms with E-state index in [9.17, 15) is 9.59 Å². The molecule has 0 aromatic carbocycles. The summed E-state index contributed by atoms with van der Waals surface area (Å²) < 4.78 is 15.4. The first-order valence-corrected chi connectivity index (χ1v) is 11.2. The number of hydrogen-bond donors (Lipinski definition) is 0. The molecule has 2 aromatic heterocycles. The molecule has 0 radical (unpaired) electrons. The summed E-state index contributed by atoms with van der Waals surface area (Å²) in [4.78, 5) is 24.9. The van der Waals surface area contributed by atoms with Gasteiger partial charge in [-0.05, 0) is 77.2 Å². The minimum atomic E-state index is -0.502. The first-order valence-electron chi connectivity index (χ1n) is 11.2. The van der Waals surface area contributed by atoms with Gasteiger partial charge in [0, 0.05) is 53.6 Å². The highest BCUT2D eigenvalue weighted by molar-refractivity contribution is 6.00. The van der Waals surface area contributed by atoms with Crippen LogP contribution >= 0.6 is 0 Å². The Hall–Kier alpha value is -2.60. The number of ether oxygens (including phenoxy) is 2. The first kappa shape index (κ1) is 21.6. The fraction of sp³-hybridized carbons (Fsp3) is 0.520. The third-order valence-corrected chi connectivity index (χ3v) is 6.46. The van der Waals surface area contributed by atoms with Crippen molar-refractivity contribution in [2.75, 3.05) is 13.2 Å². The van der Waals surface area contributed by atoms with Crippen LogP contribution in [0.3, 0.4) is 0 Å². The molecule has 1 aliphatic heterocycles. The quantitative estimate of drug-likeness (QED) is 0.356. The van der Waals surface area contributed by atoms with Crippen molar-refractivity contribution in [1.82, 2.24) is 9.13 Å². The normalized spacial score (nSPS) is 18.8. The van der Waals surface area contributed by atoms with E-state index in [4.69, 9.17) is 9.47 Å². The number of aryl methyl sites for hydroxylation is 2. The minimum Gasteiger partial charge on any atom is -0.454 e. The summed E-state index contributed by atoms with van der Waals surface area (Å²) in [5, 5.41) is 0. The van der Waals surface area contributed by atoms with E-state index in [0.29, 0.717) is 11.6 Å². The maximum Gasteiger partial charge on any atom is 0.331 e. The van der Waals surface area contributed by atoms with E-state index in [1.54, 1.807) is 6.08 Å². The number of ketones is 1. The summed E-state index contributed by atoms with van der Waals surface area (Å²) in [6, 6.07) is 4.57. The number of carbonyl (C=O) groups excluding carboxylic acids is 2.